The molecule has 6 N–H and O–H groups in total. The molecule has 2 saturated heterocycles. The third-order valence-corrected chi connectivity index (χ3v) is 27.0. The van der Waals surface area contributed by atoms with Gasteiger partial charge in [0.15, 0.2) is 0 Å². The molecule has 0 radical (unpaired) electrons. The van der Waals surface area contributed by atoms with Gasteiger partial charge in [0.1, 0.15) is 18.3 Å². The SMILES string of the molecule is C[C@H]1[C@@H](O)[C@@H](OS(=O)(=O)O)C[C@]2(C)C3=C(C[C@H](OS(=O)(=O)O)[C@@H]12)[C@@H]1CC[C@H]([C@H](C)[C@H]2C[C@H]4C[C@](C)(OC4(C)C)[C@H](CC[C@@H](C)[C@H]4CC[C@H]5C6=C(CC[C@]45C)[C@@]4(C)C[C@H](OS(=O)(=O)O)[C@H](OS(=O)(=O)O)[C@H](C)[C@@H]4[C@@H](OS(=O)(=O)O)C6)O2)[C@@]1(C)CC3. The lowest BCUT2D eigenvalue weighted by Gasteiger charge is -2.59. The highest BCUT2D eigenvalue weighted by atomic mass is 32.3. The van der Waals surface area contributed by atoms with Crippen molar-refractivity contribution < 1.29 is 100 Å². The van der Waals surface area contributed by atoms with Gasteiger partial charge in [-0.15, -0.1) is 0 Å². The van der Waals surface area contributed by atoms with Crippen LogP contribution in [-0.4, -0.2) is 130 Å². The number of aliphatic hydroxyl groups excluding tert-OH is 1. The molecule has 0 aromatic rings. The summed E-state index contributed by atoms with van der Waals surface area (Å²) in [7, 11) is -25.4. The summed E-state index contributed by atoms with van der Waals surface area (Å²) < 4.78 is 214. The fourth-order valence-corrected chi connectivity index (χ4v) is 24.1. The van der Waals surface area contributed by atoms with Gasteiger partial charge in [0.05, 0.1) is 41.7 Å². The number of aliphatic hydroxyl groups is 1. The van der Waals surface area contributed by atoms with Crippen LogP contribution in [-0.2, 0) is 82.4 Å². The van der Waals surface area contributed by atoms with Crippen molar-refractivity contribution >= 4 is 52.0 Å². The van der Waals surface area contributed by atoms with Crippen LogP contribution in [0.5, 0.6) is 0 Å². The van der Waals surface area contributed by atoms with Gasteiger partial charge in [0, 0.05) is 11.8 Å². The monoisotopic (exact) mass is 1290 g/mol. The summed E-state index contributed by atoms with van der Waals surface area (Å²) in [5.74, 6) is -2.48. The second-order valence-corrected chi connectivity index (χ2v) is 34.6. The van der Waals surface area contributed by atoms with Crippen molar-refractivity contribution in [3.63, 3.8) is 0 Å². The van der Waals surface area contributed by atoms with Crippen LogP contribution in [0.4, 0.5) is 0 Å². The number of allylic oxidation sites excluding steroid dienone is 2. The minimum atomic E-state index is -5.21. The molecule has 10 aliphatic rings. The molecule has 0 unspecified atom stereocenters. The summed E-state index contributed by atoms with van der Waals surface area (Å²) in [5, 5.41) is 11.4. The number of hydrogen-bond acceptors (Lipinski definition) is 18. The van der Waals surface area contributed by atoms with Crippen molar-refractivity contribution in [1.29, 1.82) is 0 Å². The van der Waals surface area contributed by atoms with E-state index < -0.39 is 134 Å². The fourth-order valence-electron chi connectivity index (χ4n) is 21.6. The molecular weight excluding hydrogens is 1200 g/mol. The normalized spacial score (nSPS) is 46.7. The van der Waals surface area contributed by atoms with Crippen LogP contribution < -0.4 is 0 Å². The molecule has 0 aromatic carbocycles. The lowest BCUT2D eigenvalue weighted by atomic mass is 9.47. The van der Waals surface area contributed by atoms with Crippen LogP contribution >= 0.6 is 0 Å². The van der Waals surface area contributed by atoms with Crippen molar-refractivity contribution in [1.82, 2.24) is 0 Å². The van der Waals surface area contributed by atoms with Gasteiger partial charge in [0.2, 0.25) is 0 Å². The number of fused-ring (bicyclic) bond motifs is 10. The van der Waals surface area contributed by atoms with Crippen LogP contribution in [0.2, 0.25) is 0 Å². The van der Waals surface area contributed by atoms with E-state index in [-0.39, 0.29) is 90.1 Å². The van der Waals surface area contributed by atoms with Gasteiger partial charge in [-0.25, -0.2) is 20.9 Å². The smallest absolute Gasteiger partial charge is 0.390 e. The number of hydrogen-bond donors (Lipinski definition) is 6. The van der Waals surface area contributed by atoms with Gasteiger partial charge in [-0.1, -0.05) is 77.7 Å². The highest BCUT2D eigenvalue weighted by Crippen LogP contribution is 2.70. The molecule has 0 aromatic heterocycles. The summed E-state index contributed by atoms with van der Waals surface area (Å²) >= 11 is 0. The standard InChI is InChI=1S/C56H90O23S5/c1-28(35-13-15-37-33-24-43(75-81(61,62)63)48-31(4)50(78-84(70,71)72)45(77-83(67,68)69)27-55(48,10)40(33)18-20-52(35,37)7)12-17-46-56(11)25-32(51(5,6)79-56)22-41(73-46)29(2)36-14-16-38-34-23-42(74-80(58,59)60)47-30(3)49(57)44(76-82(64,65)66)26-54(47,9)39(34)19-21-53(36,38)8/h28-32,35-38,41-50,57H,12-27H2,1-11H3,(H,58,59,60)(H,61,62,63)(H,64,65,66)(H,67,68,69)(H,70,71,72)/t28-,29+,30-,31-,32+,35-,36-,37+,38+,41-,42+,43+,44+,45+,46+,47-,48-,49-,50-,52-,53-,54-,55-,56+/m1/s1. The Hall–Kier alpha value is -1.29. The molecular formula is C56H90O23S5. The topological polar surface area (TPSA) is 357 Å². The van der Waals surface area contributed by atoms with Crippen LogP contribution in [0.1, 0.15) is 179 Å². The van der Waals surface area contributed by atoms with Gasteiger partial charge in [-0.3, -0.25) is 22.8 Å². The predicted octanol–water partition coefficient (Wildman–Crippen LogP) is 8.45. The van der Waals surface area contributed by atoms with E-state index in [1.807, 2.05) is 13.8 Å². The Morgan fingerprint density at radius 3 is 1.51 bits per heavy atom. The Balaban J connectivity index is 0.892. The van der Waals surface area contributed by atoms with E-state index in [0.29, 0.717) is 19.3 Å². The largest absolute Gasteiger partial charge is 0.397 e. The fraction of sp³-hybridized carbons (Fsp3) is 0.929. The molecule has 0 amide bonds. The Kier molecular flexibility index (Phi) is 16.9. The highest BCUT2D eigenvalue weighted by Gasteiger charge is 2.66. The maximum atomic E-state index is 12.6. The molecule has 6 fully saturated rings. The van der Waals surface area contributed by atoms with Crippen LogP contribution in [0.25, 0.3) is 0 Å². The summed E-state index contributed by atoms with van der Waals surface area (Å²) in [4.78, 5) is 0. The summed E-state index contributed by atoms with van der Waals surface area (Å²) in [6.07, 6.45) is 0.429. The second-order valence-electron chi connectivity index (χ2n) is 29.4. The quantitative estimate of drug-likeness (QED) is 0.0623. The van der Waals surface area contributed by atoms with E-state index in [0.717, 1.165) is 80.1 Å². The molecule has 8 aliphatic carbocycles. The number of ether oxygens (including phenoxy) is 2. The first kappa shape index (κ1) is 65.7. The molecule has 10 rings (SSSR count). The summed E-state index contributed by atoms with van der Waals surface area (Å²) in [6.45, 7) is 22.6. The Bertz CT molecular complexity index is 3240. The lowest BCUT2D eigenvalue weighted by Crippen LogP contribution is -2.60. The summed E-state index contributed by atoms with van der Waals surface area (Å²) in [6, 6.07) is 0. The van der Waals surface area contributed by atoms with Crippen LogP contribution in [0.3, 0.4) is 0 Å². The van der Waals surface area contributed by atoms with Gasteiger partial charge < -0.3 is 14.6 Å². The second kappa shape index (κ2) is 21.7. The first-order valence-electron chi connectivity index (χ1n) is 30.1. The molecule has 4 saturated carbocycles. The van der Waals surface area contributed by atoms with Crippen LogP contribution in [0, 0.1) is 86.8 Å². The zero-order valence-electron chi connectivity index (χ0n) is 49.9. The number of rotatable bonds is 16. The maximum absolute atomic E-state index is 12.6. The van der Waals surface area contributed by atoms with E-state index in [2.05, 4.69) is 48.5 Å². The van der Waals surface area contributed by atoms with E-state index in [1.54, 1.807) is 6.92 Å². The zero-order valence-corrected chi connectivity index (χ0v) is 54.0. The van der Waals surface area contributed by atoms with E-state index in [9.17, 15) is 70.0 Å². The third-order valence-electron chi connectivity index (χ3n) is 24.6. The lowest BCUT2D eigenvalue weighted by molar-refractivity contribution is -0.200. The van der Waals surface area contributed by atoms with Gasteiger partial charge in [0.25, 0.3) is 0 Å². The van der Waals surface area contributed by atoms with E-state index in [4.69, 9.17) is 30.4 Å². The Morgan fingerprint density at radius 1 is 0.571 bits per heavy atom. The van der Waals surface area contributed by atoms with Crippen molar-refractivity contribution in [2.24, 2.45) is 86.8 Å². The molecule has 2 bridgehead atoms. The van der Waals surface area contributed by atoms with Gasteiger partial charge in [-0.05, 0) is 198 Å². The zero-order chi connectivity index (χ0) is 62.0. The minimum absolute atomic E-state index is 0.00250. The molecule has 24 atom stereocenters. The van der Waals surface area contributed by atoms with Crippen molar-refractivity contribution in [3.05, 3.63) is 22.3 Å². The molecule has 482 valence electrons. The first-order chi connectivity index (χ1) is 38.3. The molecule has 0 spiro atoms. The molecule has 23 nitrogen and oxygen atoms in total. The highest BCUT2D eigenvalue weighted by molar-refractivity contribution is 7.81. The molecule has 28 heteroatoms. The van der Waals surface area contributed by atoms with Crippen LogP contribution in [0.15, 0.2) is 22.3 Å². The van der Waals surface area contributed by atoms with Crippen molar-refractivity contribution in [2.45, 2.75) is 239 Å². The van der Waals surface area contributed by atoms with Gasteiger partial charge >= 0.3 is 52.0 Å². The first-order valence-corrected chi connectivity index (χ1v) is 36.9. The predicted molar refractivity (Wildman–Crippen MR) is 302 cm³/mol. The van der Waals surface area contributed by atoms with E-state index >= 15 is 0 Å². The molecule has 2 heterocycles. The Morgan fingerprint density at radius 2 is 1.01 bits per heavy atom. The molecule has 84 heavy (non-hydrogen) atoms. The molecule has 2 aliphatic heterocycles. The Labute approximate surface area is 497 Å². The average molecular weight is 1290 g/mol. The van der Waals surface area contributed by atoms with Crippen molar-refractivity contribution in [2.75, 3.05) is 0 Å². The van der Waals surface area contributed by atoms with Gasteiger partial charge in [-0.2, -0.15) is 42.1 Å². The third kappa shape index (κ3) is 11.9. The van der Waals surface area contributed by atoms with E-state index in [1.165, 1.54) is 6.92 Å². The summed E-state index contributed by atoms with van der Waals surface area (Å²) in [5.41, 5.74) is 0.443. The van der Waals surface area contributed by atoms with Crippen molar-refractivity contribution in [3.8, 4) is 0 Å². The minimum Gasteiger partial charge on any atom is -0.390 e. The maximum Gasteiger partial charge on any atom is 0.397 e. The average Bonchev–Trinajstić information content (AvgIpc) is 1.11.